The molecule has 6 nitrogen and oxygen atoms in total. The van der Waals surface area contributed by atoms with Crippen molar-refractivity contribution in [2.45, 2.75) is 12.3 Å². The Kier molecular flexibility index (Phi) is 3.43. The Balaban J connectivity index is 1.68. The van der Waals surface area contributed by atoms with E-state index in [2.05, 4.69) is 10.4 Å². The molecule has 0 bridgehead atoms. The van der Waals surface area contributed by atoms with Crippen LogP contribution in [0.4, 0.5) is 5.82 Å². The van der Waals surface area contributed by atoms with E-state index in [9.17, 15) is 9.59 Å². The van der Waals surface area contributed by atoms with E-state index in [1.54, 1.807) is 29.1 Å². The highest BCUT2D eigenvalue weighted by molar-refractivity contribution is 5.94. The van der Waals surface area contributed by atoms with Crippen LogP contribution in [0.1, 0.15) is 23.5 Å². The Labute approximate surface area is 154 Å². The molecule has 1 N–H and O–H groups in total. The Bertz CT molecular complexity index is 1220. The molecule has 4 aromatic rings. The fourth-order valence-electron chi connectivity index (χ4n) is 3.60. The first kappa shape index (κ1) is 15.6. The van der Waals surface area contributed by atoms with E-state index in [4.69, 9.17) is 4.42 Å². The summed E-state index contributed by atoms with van der Waals surface area (Å²) in [5.74, 6) is 0.0415. The summed E-state index contributed by atoms with van der Waals surface area (Å²) in [7, 11) is 0. The first-order valence-electron chi connectivity index (χ1n) is 8.66. The second-order valence-corrected chi connectivity index (χ2v) is 6.52. The van der Waals surface area contributed by atoms with Crippen LogP contribution in [0, 0.1) is 0 Å². The van der Waals surface area contributed by atoms with Crippen molar-refractivity contribution in [1.29, 1.82) is 0 Å². The van der Waals surface area contributed by atoms with Gasteiger partial charge in [-0.3, -0.25) is 9.59 Å². The summed E-state index contributed by atoms with van der Waals surface area (Å²) in [6, 6.07) is 16.7. The van der Waals surface area contributed by atoms with E-state index in [-0.39, 0.29) is 17.8 Å². The van der Waals surface area contributed by atoms with Crippen LogP contribution in [0.25, 0.3) is 16.7 Å². The summed E-state index contributed by atoms with van der Waals surface area (Å²) in [4.78, 5) is 25.4. The third-order valence-electron chi connectivity index (χ3n) is 4.90. The number of nitrogens with zero attached hydrogens (tertiary/aromatic N) is 2. The third kappa shape index (κ3) is 2.45. The molecule has 1 unspecified atom stereocenters. The van der Waals surface area contributed by atoms with Gasteiger partial charge in [0.1, 0.15) is 11.4 Å². The third-order valence-corrected chi connectivity index (χ3v) is 4.90. The molecule has 5 rings (SSSR count). The zero-order valence-corrected chi connectivity index (χ0v) is 14.3. The largest absolute Gasteiger partial charge is 0.464 e. The van der Waals surface area contributed by atoms with Crippen molar-refractivity contribution in [3.8, 4) is 5.69 Å². The van der Waals surface area contributed by atoms with Crippen LogP contribution in [-0.2, 0) is 4.79 Å². The summed E-state index contributed by atoms with van der Waals surface area (Å²) < 4.78 is 7.34. The van der Waals surface area contributed by atoms with Crippen LogP contribution in [0.5, 0.6) is 0 Å². The molecule has 132 valence electrons. The summed E-state index contributed by atoms with van der Waals surface area (Å²) >= 11 is 0. The van der Waals surface area contributed by atoms with Gasteiger partial charge in [0.05, 0.1) is 23.5 Å². The number of fused-ring (bicyclic) bond motifs is 2. The number of nitrogens with one attached hydrogen (secondary N) is 1. The molecule has 2 aromatic carbocycles. The van der Waals surface area contributed by atoms with Crippen LogP contribution in [-0.4, -0.2) is 15.7 Å². The van der Waals surface area contributed by atoms with Gasteiger partial charge in [0.25, 0.3) is 0 Å². The molecule has 2 aromatic heterocycles. The highest BCUT2D eigenvalue weighted by Crippen LogP contribution is 2.37. The standard InChI is InChI=1S/C21H15N3O3/c25-19-10-15(17-12-27-18-9-5-4-8-14(18)20(17)26)16-11-22-24(21(16)23-19)13-6-2-1-3-7-13/h1-9,11-12,15H,10H2,(H,23,25). The maximum absolute atomic E-state index is 13.0. The molecule has 0 aliphatic carbocycles. The van der Waals surface area contributed by atoms with Gasteiger partial charge in [-0.2, -0.15) is 5.10 Å². The minimum Gasteiger partial charge on any atom is -0.464 e. The van der Waals surface area contributed by atoms with Gasteiger partial charge in [-0.25, -0.2) is 4.68 Å². The van der Waals surface area contributed by atoms with Crippen molar-refractivity contribution in [3.05, 3.63) is 88.4 Å². The number of hydrogen-bond donors (Lipinski definition) is 1. The van der Waals surface area contributed by atoms with Crippen molar-refractivity contribution < 1.29 is 9.21 Å². The normalized spacial score (nSPS) is 16.1. The van der Waals surface area contributed by atoms with Gasteiger partial charge in [-0.1, -0.05) is 30.3 Å². The van der Waals surface area contributed by atoms with E-state index in [0.717, 1.165) is 11.3 Å². The van der Waals surface area contributed by atoms with Crippen molar-refractivity contribution in [2.75, 3.05) is 5.32 Å². The molecule has 0 fully saturated rings. The lowest BCUT2D eigenvalue weighted by atomic mass is 9.88. The zero-order valence-electron chi connectivity index (χ0n) is 14.3. The van der Waals surface area contributed by atoms with Crippen molar-refractivity contribution in [2.24, 2.45) is 0 Å². The van der Waals surface area contributed by atoms with E-state index in [0.29, 0.717) is 22.4 Å². The summed E-state index contributed by atoms with van der Waals surface area (Å²) in [5.41, 5.74) is 2.53. The van der Waals surface area contributed by atoms with Gasteiger partial charge < -0.3 is 9.73 Å². The number of hydrogen-bond acceptors (Lipinski definition) is 4. The van der Waals surface area contributed by atoms with E-state index in [1.165, 1.54) is 6.26 Å². The van der Waals surface area contributed by atoms with Gasteiger partial charge in [-0.05, 0) is 24.3 Å². The average molecular weight is 357 g/mol. The minimum absolute atomic E-state index is 0.116. The van der Waals surface area contributed by atoms with Crippen LogP contribution in [0.3, 0.4) is 0 Å². The maximum atomic E-state index is 13.0. The van der Waals surface area contributed by atoms with E-state index >= 15 is 0 Å². The number of para-hydroxylation sites is 2. The SMILES string of the molecule is O=C1CC(c2coc3ccccc3c2=O)c2cnn(-c3ccccc3)c2N1. The molecule has 0 saturated heterocycles. The van der Waals surface area contributed by atoms with Crippen molar-refractivity contribution >= 4 is 22.7 Å². The molecule has 0 saturated carbocycles. The smallest absolute Gasteiger partial charge is 0.226 e. The average Bonchev–Trinajstić information content (AvgIpc) is 3.12. The lowest BCUT2D eigenvalue weighted by Gasteiger charge is -2.23. The molecular weight excluding hydrogens is 342 g/mol. The topological polar surface area (TPSA) is 77.1 Å². The second kappa shape index (κ2) is 5.95. The Hall–Kier alpha value is -3.67. The number of rotatable bonds is 2. The van der Waals surface area contributed by atoms with Crippen LogP contribution >= 0.6 is 0 Å². The van der Waals surface area contributed by atoms with Gasteiger partial charge in [0.2, 0.25) is 5.91 Å². The molecule has 1 aliphatic heterocycles. The molecule has 6 heteroatoms. The number of benzene rings is 2. The Morgan fingerprint density at radius 1 is 1.00 bits per heavy atom. The quantitative estimate of drug-likeness (QED) is 0.596. The second-order valence-electron chi connectivity index (χ2n) is 6.52. The molecule has 1 amide bonds. The van der Waals surface area contributed by atoms with Gasteiger partial charge in [0.15, 0.2) is 5.43 Å². The number of amides is 1. The van der Waals surface area contributed by atoms with Gasteiger partial charge in [-0.15, -0.1) is 0 Å². The molecule has 3 heterocycles. The molecular formula is C21H15N3O3. The van der Waals surface area contributed by atoms with E-state index < -0.39 is 5.92 Å². The Morgan fingerprint density at radius 3 is 2.63 bits per heavy atom. The number of carbonyl (C=O) groups is 1. The first-order chi connectivity index (χ1) is 13.2. The summed E-state index contributed by atoms with van der Waals surface area (Å²) in [6.45, 7) is 0. The monoisotopic (exact) mass is 357 g/mol. The lowest BCUT2D eigenvalue weighted by Crippen LogP contribution is -2.27. The minimum atomic E-state index is -0.396. The molecule has 1 atom stereocenters. The number of anilines is 1. The van der Waals surface area contributed by atoms with Crippen LogP contribution < -0.4 is 10.7 Å². The Morgan fingerprint density at radius 2 is 1.78 bits per heavy atom. The predicted octanol–water partition coefficient (Wildman–Crippen LogP) is 3.45. The first-order valence-corrected chi connectivity index (χ1v) is 8.66. The highest BCUT2D eigenvalue weighted by Gasteiger charge is 2.32. The molecule has 1 aliphatic rings. The maximum Gasteiger partial charge on any atom is 0.226 e. The van der Waals surface area contributed by atoms with Gasteiger partial charge >= 0.3 is 0 Å². The van der Waals surface area contributed by atoms with Crippen molar-refractivity contribution in [3.63, 3.8) is 0 Å². The number of aromatic nitrogens is 2. The molecule has 0 spiro atoms. The van der Waals surface area contributed by atoms with Crippen LogP contribution in [0.15, 0.2) is 76.3 Å². The highest BCUT2D eigenvalue weighted by atomic mass is 16.3. The fourth-order valence-corrected chi connectivity index (χ4v) is 3.60. The number of carbonyl (C=O) groups excluding carboxylic acids is 1. The summed E-state index contributed by atoms with van der Waals surface area (Å²) in [6.07, 6.45) is 3.36. The van der Waals surface area contributed by atoms with Crippen molar-refractivity contribution in [1.82, 2.24) is 9.78 Å². The fraction of sp³-hybridized carbons (Fsp3) is 0.0952. The summed E-state index contributed by atoms with van der Waals surface area (Å²) in [5, 5.41) is 7.84. The predicted molar refractivity (Wildman–Crippen MR) is 101 cm³/mol. The molecule has 27 heavy (non-hydrogen) atoms. The lowest BCUT2D eigenvalue weighted by molar-refractivity contribution is -0.116. The molecule has 0 radical (unpaired) electrons. The van der Waals surface area contributed by atoms with Crippen LogP contribution in [0.2, 0.25) is 0 Å². The zero-order chi connectivity index (χ0) is 18.4. The van der Waals surface area contributed by atoms with Gasteiger partial charge in [0, 0.05) is 23.5 Å². The van der Waals surface area contributed by atoms with E-state index in [1.807, 2.05) is 36.4 Å².